The van der Waals surface area contributed by atoms with Crippen LogP contribution in [0.2, 0.25) is 0 Å². The summed E-state index contributed by atoms with van der Waals surface area (Å²) >= 11 is 0. The summed E-state index contributed by atoms with van der Waals surface area (Å²) in [6.45, 7) is 5.99. The van der Waals surface area contributed by atoms with Crippen molar-refractivity contribution in [3.8, 4) is 5.75 Å². The number of rotatable bonds is 7. The van der Waals surface area contributed by atoms with Crippen LogP contribution in [0.4, 0.5) is 0 Å². The highest BCUT2D eigenvalue weighted by atomic mass is 16.5. The van der Waals surface area contributed by atoms with E-state index in [1.807, 2.05) is 0 Å². The zero-order valence-corrected chi connectivity index (χ0v) is 15.5. The van der Waals surface area contributed by atoms with Crippen LogP contribution in [0.3, 0.4) is 0 Å². The van der Waals surface area contributed by atoms with Gasteiger partial charge in [0, 0.05) is 7.05 Å². The number of nitrogens with zero attached hydrogens (tertiary/aromatic N) is 2. The smallest absolute Gasteiger partial charge is 0.269 e. The molecule has 1 aromatic heterocycles. The van der Waals surface area contributed by atoms with E-state index in [2.05, 4.69) is 24.3 Å². The van der Waals surface area contributed by atoms with Crippen molar-refractivity contribution in [2.45, 2.75) is 32.8 Å². The van der Waals surface area contributed by atoms with Crippen molar-refractivity contribution in [2.24, 2.45) is 13.0 Å². The van der Waals surface area contributed by atoms with Crippen LogP contribution in [0.5, 0.6) is 5.75 Å². The second-order valence-electron chi connectivity index (χ2n) is 6.93. The number of carbonyl (C=O) groups excluding carboxylic acids is 1. The van der Waals surface area contributed by atoms with Gasteiger partial charge in [-0.05, 0) is 43.0 Å². The van der Waals surface area contributed by atoms with Gasteiger partial charge in [0.05, 0.1) is 19.3 Å². The number of amides is 1. The second-order valence-corrected chi connectivity index (χ2v) is 6.93. The predicted molar refractivity (Wildman–Crippen MR) is 96.6 cm³/mol. The van der Waals surface area contributed by atoms with Gasteiger partial charge in [-0.25, -0.2) is 0 Å². The molecular weight excluding hydrogens is 318 g/mol. The van der Waals surface area contributed by atoms with Crippen LogP contribution >= 0.6 is 0 Å². The molecule has 0 spiro atoms. The lowest BCUT2D eigenvalue weighted by molar-refractivity contribution is 0.0523. The highest BCUT2D eigenvalue weighted by molar-refractivity contribution is 5.92. The molecule has 6 nitrogen and oxygen atoms in total. The molecule has 0 aliphatic rings. The van der Waals surface area contributed by atoms with Crippen molar-refractivity contribution < 1.29 is 14.6 Å². The predicted octanol–water partition coefficient (Wildman–Crippen LogP) is 2.26. The molecule has 0 saturated heterocycles. The average Bonchev–Trinajstić information content (AvgIpc) is 2.92. The van der Waals surface area contributed by atoms with Crippen molar-refractivity contribution in [3.05, 3.63) is 47.3 Å². The zero-order chi connectivity index (χ0) is 18.6. The van der Waals surface area contributed by atoms with Gasteiger partial charge in [-0.1, -0.05) is 26.0 Å². The summed E-state index contributed by atoms with van der Waals surface area (Å²) in [6.07, 6.45) is 0.824. The van der Waals surface area contributed by atoms with E-state index >= 15 is 0 Å². The molecule has 1 atom stereocenters. The van der Waals surface area contributed by atoms with E-state index in [0.717, 1.165) is 17.9 Å². The Morgan fingerprint density at radius 2 is 2.00 bits per heavy atom. The molecule has 136 valence electrons. The number of aryl methyl sites for hydroxylation is 1. The van der Waals surface area contributed by atoms with Crippen molar-refractivity contribution in [1.82, 2.24) is 15.1 Å². The van der Waals surface area contributed by atoms with E-state index in [-0.39, 0.29) is 12.5 Å². The molecule has 1 aromatic carbocycles. The minimum atomic E-state index is -1.18. The lowest BCUT2D eigenvalue weighted by Gasteiger charge is -2.24. The largest absolute Gasteiger partial charge is 0.497 e. The Kier molecular flexibility index (Phi) is 5.85. The van der Waals surface area contributed by atoms with E-state index in [1.54, 1.807) is 56.1 Å². The van der Waals surface area contributed by atoms with Gasteiger partial charge >= 0.3 is 0 Å². The van der Waals surface area contributed by atoms with Gasteiger partial charge < -0.3 is 15.2 Å². The van der Waals surface area contributed by atoms with E-state index in [9.17, 15) is 9.90 Å². The zero-order valence-electron chi connectivity index (χ0n) is 15.5. The summed E-state index contributed by atoms with van der Waals surface area (Å²) in [5.74, 6) is 0.941. The second kappa shape index (κ2) is 7.70. The summed E-state index contributed by atoms with van der Waals surface area (Å²) in [5.41, 5.74) is 0.909. The fraction of sp³-hybridized carbons (Fsp3) is 0.474. The topological polar surface area (TPSA) is 76.4 Å². The molecule has 2 rings (SSSR count). The van der Waals surface area contributed by atoms with Crippen molar-refractivity contribution >= 4 is 5.91 Å². The molecule has 0 fully saturated rings. The number of hydrogen-bond donors (Lipinski definition) is 2. The quantitative estimate of drug-likeness (QED) is 0.807. The monoisotopic (exact) mass is 345 g/mol. The molecule has 1 unspecified atom stereocenters. The standard InChI is InChI=1S/C19H27N3O3/c1-13(2)10-15-11-17(22(4)21-15)18(23)20-12-19(3,24)14-6-8-16(25-5)9-7-14/h6-9,11,13,24H,10,12H2,1-5H3,(H,20,23). The number of aliphatic hydroxyl groups is 1. The highest BCUT2D eigenvalue weighted by Crippen LogP contribution is 2.22. The fourth-order valence-corrected chi connectivity index (χ4v) is 2.65. The molecule has 1 heterocycles. The van der Waals surface area contributed by atoms with Gasteiger partial charge in [-0.15, -0.1) is 0 Å². The molecule has 0 aliphatic heterocycles. The molecule has 2 N–H and O–H groups in total. The Labute approximate surface area is 148 Å². The number of carbonyl (C=O) groups is 1. The maximum absolute atomic E-state index is 12.4. The summed E-state index contributed by atoms with van der Waals surface area (Å²) in [6, 6.07) is 8.94. The number of nitrogens with one attached hydrogen (secondary N) is 1. The normalized spacial score (nSPS) is 13.6. The van der Waals surface area contributed by atoms with Gasteiger partial charge in [-0.2, -0.15) is 5.10 Å². The third-order valence-electron chi connectivity index (χ3n) is 4.09. The van der Waals surface area contributed by atoms with Crippen LogP contribution in [0, 0.1) is 5.92 Å². The molecule has 0 bridgehead atoms. The first-order valence-corrected chi connectivity index (χ1v) is 8.41. The Morgan fingerprint density at radius 3 is 2.56 bits per heavy atom. The molecule has 0 aliphatic carbocycles. The van der Waals surface area contributed by atoms with Crippen LogP contribution < -0.4 is 10.1 Å². The van der Waals surface area contributed by atoms with Crippen molar-refractivity contribution in [2.75, 3.05) is 13.7 Å². The van der Waals surface area contributed by atoms with Gasteiger partial charge in [0.1, 0.15) is 17.0 Å². The lowest BCUT2D eigenvalue weighted by atomic mass is 9.96. The van der Waals surface area contributed by atoms with Crippen LogP contribution in [-0.4, -0.2) is 34.4 Å². The first-order valence-electron chi connectivity index (χ1n) is 8.41. The number of hydrogen-bond acceptors (Lipinski definition) is 4. The van der Waals surface area contributed by atoms with Crippen molar-refractivity contribution in [3.63, 3.8) is 0 Å². The molecule has 0 saturated carbocycles. The number of aromatic nitrogens is 2. The van der Waals surface area contributed by atoms with E-state index < -0.39 is 5.60 Å². The van der Waals surface area contributed by atoms with Crippen LogP contribution in [0.15, 0.2) is 30.3 Å². The van der Waals surface area contributed by atoms with Crippen molar-refractivity contribution in [1.29, 1.82) is 0 Å². The summed E-state index contributed by atoms with van der Waals surface area (Å²) in [4.78, 5) is 12.4. The van der Waals surface area contributed by atoms with Gasteiger partial charge in [0.2, 0.25) is 0 Å². The number of benzene rings is 1. The van der Waals surface area contributed by atoms with E-state index in [4.69, 9.17) is 4.74 Å². The first-order chi connectivity index (χ1) is 11.7. The van der Waals surface area contributed by atoms with Crippen LogP contribution in [-0.2, 0) is 19.1 Å². The maximum Gasteiger partial charge on any atom is 0.269 e. The highest BCUT2D eigenvalue weighted by Gasteiger charge is 2.25. The van der Waals surface area contributed by atoms with Gasteiger partial charge in [0.25, 0.3) is 5.91 Å². The lowest BCUT2D eigenvalue weighted by Crippen LogP contribution is -2.39. The number of methoxy groups -OCH3 is 1. The first kappa shape index (κ1) is 19.0. The van der Waals surface area contributed by atoms with Gasteiger partial charge in [0.15, 0.2) is 0 Å². The summed E-state index contributed by atoms with van der Waals surface area (Å²) < 4.78 is 6.70. The molecule has 25 heavy (non-hydrogen) atoms. The fourth-order valence-electron chi connectivity index (χ4n) is 2.65. The SMILES string of the molecule is COc1ccc(C(C)(O)CNC(=O)c2cc(CC(C)C)nn2C)cc1. The molecule has 0 radical (unpaired) electrons. The Hall–Kier alpha value is -2.34. The third-order valence-corrected chi connectivity index (χ3v) is 4.09. The summed E-state index contributed by atoms with van der Waals surface area (Å²) in [5, 5.41) is 17.8. The molecule has 2 aromatic rings. The van der Waals surface area contributed by atoms with E-state index in [1.165, 1.54) is 0 Å². The minimum absolute atomic E-state index is 0.100. The Morgan fingerprint density at radius 1 is 1.36 bits per heavy atom. The number of ether oxygens (including phenoxy) is 1. The van der Waals surface area contributed by atoms with Crippen LogP contribution in [0.1, 0.15) is 42.5 Å². The van der Waals surface area contributed by atoms with Crippen LogP contribution in [0.25, 0.3) is 0 Å². The Bertz CT molecular complexity index is 718. The Balaban J connectivity index is 2.03. The van der Waals surface area contributed by atoms with Gasteiger partial charge in [-0.3, -0.25) is 9.48 Å². The average molecular weight is 345 g/mol. The third kappa shape index (κ3) is 4.82. The summed E-state index contributed by atoms with van der Waals surface area (Å²) in [7, 11) is 3.34. The maximum atomic E-state index is 12.4. The molecule has 6 heteroatoms. The molecular formula is C19H27N3O3. The minimum Gasteiger partial charge on any atom is -0.497 e. The molecule has 1 amide bonds. The van der Waals surface area contributed by atoms with E-state index in [0.29, 0.717) is 17.2 Å².